The number of allylic oxidation sites excluding steroid dienone is 2. The molecule has 0 heteroatoms. The molecular formula is C15H26. The maximum absolute atomic E-state index is 2.59. The molecule has 0 aliphatic heterocycles. The lowest BCUT2D eigenvalue weighted by molar-refractivity contribution is 0.353. The Labute approximate surface area is 95.1 Å². The molecule has 0 N–H and O–H groups in total. The molecule has 2 aliphatic carbocycles. The van der Waals surface area contributed by atoms with Crippen LogP contribution in [0.5, 0.6) is 0 Å². The Kier molecular flexibility index (Phi) is 3.53. The molecule has 15 heavy (non-hydrogen) atoms. The summed E-state index contributed by atoms with van der Waals surface area (Å²) in [5.74, 6) is 0.977. The van der Waals surface area contributed by atoms with Crippen molar-refractivity contribution in [1.29, 1.82) is 0 Å². The van der Waals surface area contributed by atoms with Crippen LogP contribution in [0.25, 0.3) is 0 Å². The summed E-state index contributed by atoms with van der Waals surface area (Å²) in [4.78, 5) is 0. The maximum Gasteiger partial charge on any atom is -0.0113 e. The first kappa shape index (κ1) is 11.2. The van der Waals surface area contributed by atoms with Crippen molar-refractivity contribution >= 4 is 0 Å². The molecule has 2 atom stereocenters. The van der Waals surface area contributed by atoms with Gasteiger partial charge in [-0.1, -0.05) is 44.8 Å². The fourth-order valence-electron chi connectivity index (χ4n) is 3.65. The molecule has 0 aromatic heterocycles. The quantitative estimate of drug-likeness (QED) is 0.444. The SMILES string of the molecule is CCCCCC1(C)CCC2CCCC=C21. The molecule has 86 valence electrons. The van der Waals surface area contributed by atoms with Crippen molar-refractivity contribution < 1.29 is 0 Å². The van der Waals surface area contributed by atoms with Crippen LogP contribution in [-0.2, 0) is 0 Å². The van der Waals surface area contributed by atoms with Gasteiger partial charge in [-0.2, -0.15) is 0 Å². The normalized spacial score (nSPS) is 35.1. The van der Waals surface area contributed by atoms with Crippen LogP contribution in [0.2, 0.25) is 0 Å². The van der Waals surface area contributed by atoms with Gasteiger partial charge in [-0.15, -0.1) is 0 Å². The fourth-order valence-corrected chi connectivity index (χ4v) is 3.65. The number of unbranched alkanes of at least 4 members (excludes halogenated alkanes) is 2. The fraction of sp³-hybridized carbons (Fsp3) is 0.867. The van der Waals surface area contributed by atoms with Crippen molar-refractivity contribution in [2.24, 2.45) is 11.3 Å². The van der Waals surface area contributed by atoms with E-state index >= 15 is 0 Å². The lowest BCUT2D eigenvalue weighted by Gasteiger charge is -2.30. The smallest absolute Gasteiger partial charge is 0.0113 e. The first-order valence-electron chi connectivity index (χ1n) is 6.97. The molecule has 0 bridgehead atoms. The van der Waals surface area contributed by atoms with E-state index in [1.54, 1.807) is 0 Å². The average molecular weight is 206 g/mol. The van der Waals surface area contributed by atoms with Crippen LogP contribution in [0.3, 0.4) is 0 Å². The van der Waals surface area contributed by atoms with E-state index in [9.17, 15) is 0 Å². The van der Waals surface area contributed by atoms with Gasteiger partial charge in [-0.3, -0.25) is 0 Å². The Morgan fingerprint density at radius 1 is 1.33 bits per heavy atom. The average Bonchev–Trinajstić information content (AvgIpc) is 2.59. The molecule has 2 aliphatic rings. The molecule has 0 saturated heterocycles. The van der Waals surface area contributed by atoms with E-state index in [1.807, 2.05) is 5.57 Å². The highest BCUT2D eigenvalue weighted by Crippen LogP contribution is 2.52. The first-order chi connectivity index (χ1) is 7.26. The Hall–Kier alpha value is -0.260. The highest BCUT2D eigenvalue weighted by atomic mass is 14.4. The van der Waals surface area contributed by atoms with Crippen LogP contribution >= 0.6 is 0 Å². The van der Waals surface area contributed by atoms with Crippen molar-refractivity contribution in [2.75, 3.05) is 0 Å². The molecule has 1 saturated carbocycles. The third-order valence-electron chi connectivity index (χ3n) is 4.63. The second kappa shape index (κ2) is 4.72. The molecule has 0 amide bonds. The summed E-state index contributed by atoms with van der Waals surface area (Å²) < 4.78 is 0. The predicted octanol–water partition coefficient (Wildman–Crippen LogP) is 5.09. The van der Waals surface area contributed by atoms with Crippen LogP contribution in [0, 0.1) is 11.3 Å². The highest BCUT2D eigenvalue weighted by molar-refractivity contribution is 5.23. The summed E-state index contributed by atoms with van der Waals surface area (Å²) >= 11 is 0. The van der Waals surface area contributed by atoms with Gasteiger partial charge in [-0.05, 0) is 49.9 Å². The van der Waals surface area contributed by atoms with Gasteiger partial charge in [0.1, 0.15) is 0 Å². The third-order valence-corrected chi connectivity index (χ3v) is 4.63. The third kappa shape index (κ3) is 2.29. The zero-order valence-electron chi connectivity index (χ0n) is 10.5. The molecule has 0 spiro atoms. The largest absolute Gasteiger partial charge is 0.0845 e. The van der Waals surface area contributed by atoms with E-state index in [1.165, 1.54) is 57.8 Å². The van der Waals surface area contributed by atoms with Crippen LogP contribution in [-0.4, -0.2) is 0 Å². The molecule has 0 radical (unpaired) electrons. The second-order valence-corrected chi connectivity index (χ2v) is 5.84. The Morgan fingerprint density at radius 2 is 2.20 bits per heavy atom. The van der Waals surface area contributed by atoms with Crippen molar-refractivity contribution in [3.05, 3.63) is 11.6 Å². The minimum atomic E-state index is 0.597. The zero-order valence-corrected chi connectivity index (χ0v) is 10.5. The number of rotatable bonds is 4. The van der Waals surface area contributed by atoms with Gasteiger partial charge >= 0.3 is 0 Å². The van der Waals surface area contributed by atoms with Gasteiger partial charge in [-0.25, -0.2) is 0 Å². The molecule has 0 heterocycles. The monoisotopic (exact) mass is 206 g/mol. The maximum atomic E-state index is 2.59. The molecule has 0 nitrogen and oxygen atoms in total. The number of fused-ring (bicyclic) bond motifs is 1. The summed E-state index contributed by atoms with van der Waals surface area (Å²) in [6, 6.07) is 0. The van der Waals surface area contributed by atoms with Gasteiger partial charge in [0.05, 0.1) is 0 Å². The van der Waals surface area contributed by atoms with Gasteiger partial charge in [0, 0.05) is 0 Å². The lowest BCUT2D eigenvalue weighted by Crippen LogP contribution is -2.17. The summed E-state index contributed by atoms with van der Waals surface area (Å²) in [6.07, 6.45) is 15.5. The van der Waals surface area contributed by atoms with E-state index < -0.39 is 0 Å². The molecule has 2 rings (SSSR count). The van der Waals surface area contributed by atoms with Crippen molar-refractivity contribution in [2.45, 2.75) is 71.6 Å². The summed E-state index contributed by atoms with van der Waals surface area (Å²) in [5.41, 5.74) is 2.45. The standard InChI is InChI=1S/C15H26/c1-3-4-7-11-15(2)12-10-13-8-5-6-9-14(13)15/h9,13H,3-8,10-12H2,1-2H3. The Bertz CT molecular complexity index is 238. The van der Waals surface area contributed by atoms with Gasteiger partial charge in [0.2, 0.25) is 0 Å². The lowest BCUT2D eigenvalue weighted by atomic mass is 9.75. The number of hydrogen-bond donors (Lipinski definition) is 0. The molecule has 1 fully saturated rings. The van der Waals surface area contributed by atoms with E-state index in [0.29, 0.717) is 5.41 Å². The molecular weight excluding hydrogens is 180 g/mol. The summed E-state index contributed by atoms with van der Waals surface area (Å²) in [5, 5.41) is 0. The van der Waals surface area contributed by atoms with Crippen LogP contribution in [0.1, 0.15) is 71.6 Å². The van der Waals surface area contributed by atoms with Gasteiger partial charge in [0.15, 0.2) is 0 Å². The predicted molar refractivity (Wildman–Crippen MR) is 66.9 cm³/mol. The van der Waals surface area contributed by atoms with Crippen LogP contribution in [0.15, 0.2) is 11.6 Å². The van der Waals surface area contributed by atoms with E-state index in [0.717, 1.165) is 5.92 Å². The zero-order chi connectivity index (χ0) is 10.7. The second-order valence-electron chi connectivity index (χ2n) is 5.84. The minimum Gasteiger partial charge on any atom is -0.0845 e. The van der Waals surface area contributed by atoms with Crippen molar-refractivity contribution in [1.82, 2.24) is 0 Å². The van der Waals surface area contributed by atoms with Crippen molar-refractivity contribution in [3.8, 4) is 0 Å². The van der Waals surface area contributed by atoms with E-state index in [2.05, 4.69) is 19.9 Å². The van der Waals surface area contributed by atoms with E-state index in [4.69, 9.17) is 0 Å². The summed E-state index contributed by atoms with van der Waals surface area (Å²) in [7, 11) is 0. The highest BCUT2D eigenvalue weighted by Gasteiger charge is 2.39. The molecule has 0 aromatic rings. The van der Waals surface area contributed by atoms with Gasteiger partial charge in [0.25, 0.3) is 0 Å². The molecule has 2 unspecified atom stereocenters. The summed E-state index contributed by atoms with van der Waals surface area (Å²) in [6.45, 7) is 4.83. The first-order valence-corrected chi connectivity index (χ1v) is 6.97. The van der Waals surface area contributed by atoms with Crippen molar-refractivity contribution in [3.63, 3.8) is 0 Å². The Morgan fingerprint density at radius 3 is 3.00 bits per heavy atom. The van der Waals surface area contributed by atoms with Gasteiger partial charge < -0.3 is 0 Å². The number of hydrogen-bond acceptors (Lipinski definition) is 0. The van der Waals surface area contributed by atoms with Crippen LogP contribution < -0.4 is 0 Å². The minimum absolute atomic E-state index is 0.597. The Balaban J connectivity index is 1.98. The molecule has 0 aromatic carbocycles. The van der Waals surface area contributed by atoms with Crippen LogP contribution in [0.4, 0.5) is 0 Å². The topological polar surface area (TPSA) is 0 Å². The van der Waals surface area contributed by atoms with E-state index in [-0.39, 0.29) is 0 Å².